The third-order valence-corrected chi connectivity index (χ3v) is 6.99. The number of ether oxygens (including phenoxy) is 2. The average Bonchev–Trinajstić information content (AvgIpc) is 2.98. The first-order valence-corrected chi connectivity index (χ1v) is 14.0. The fourth-order valence-corrected chi connectivity index (χ4v) is 4.67. The molecule has 0 amide bonds. The van der Waals surface area contributed by atoms with Gasteiger partial charge in [0, 0.05) is 0 Å². The van der Waals surface area contributed by atoms with Gasteiger partial charge in [-0.05, 0) is 59.4 Å². The topological polar surface area (TPSA) is 54.0 Å². The Kier molecular flexibility index (Phi) is 10.5. The van der Waals surface area contributed by atoms with E-state index in [1.165, 1.54) is 0 Å². The van der Waals surface area contributed by atoms with Crippen LogP contribution in [0.15, 0.2) is 109 Å². The highest BCUT2D eigenvalue weighted by Gasteiger charge is 2.18. The van der Waals surface area contributed by atoms with E-state index in [0.29, 0.717) is 12.8 Å². The average molecular weight is 531 g/mol. The molecule has 0 aliphatic carbocycles. The van der Waals surface area contributed by atoms with Crippen LogP contribution >= 0.6 is 0 Å². The van der Waals surface area contributed by atoms with Crippen molar-refractivity contribution in [3.63, 3.8) is 0 Å². The maximum absolute atomic E-state index is 12.6. The Balaban J connectivity index is 1.21. The van der Waals surface area contributed by atoms with Gasteiger partial charge in [-0.25, -0.2) is 0 Å². The van der Waals surface area contributed by atoms with Gasteiger partial charge in [0.1, 0.15) is 36.9 Å². The summed E-state index contributed by atoms with van der Waals surface area (Å²) in [6, 6.07) is 36.2. The third-order valence-electron chi connectivity index (χ3n) is 6.13. The van der Waals surface area contributed by atoms with Crippen LogP contribution in [0.4, 0.5) is 0 Å². The van der Waals surface area contributed by atoms with Crippen LogP contribution < -0.4 is 9.47 Å². The highest BCUT2D eigenvalue weighted by Crippen LogP contribution is 2.24. The minimum Gasteiger partial charge on any atom is -0.491 e. The van der Waals surface area contributed by atoms with Crippen molar-refractivity contribution in [1.29, 1.82) is 0 Å². The molecule has 0 spiro atoms. The molecule has 4 aromatic rings. The van der Waals surface area contributed by atoms with Crippen LogP contribution in [0.25, 0.3) is 22.3 Å². The fourth-order valence-electron chi connectivity index (χ4n) is 3.80. The van der Waals surface area contributed by atoms with E-state index in [-0.39, 0.29) is 25.4 Å². The van der Waals surface area contributed by atoms with Gasteiger partial charge in [-0.15, -0.1) is 0 Å². The minimum atomic E-state index is -1.91. The molecule has 0 saturated heterocycles. The van der Waals surface area contributed by atoms with Crippen LogP contribution in [0, 0.1) is 0 Å². The molecule has 4 aromatic carbocycles. The smallest absolute Gasteiger partial charge is 0.305 e. The summed E-state index contributed by atoms with van der Waals surface area (Å²) in [5, 5.41) is 0. The minimum absolute atomic E-state index is 0.275. The zero-order valence-electron chi connectivity index (χ0n) is 21.8. The van der Waals surface area contributed by atoms with Gasteiger partial charge < -0.3 is 9.47 Å². The number of rotatable bonds is 14. The fraction of sp³-hybridized carbons (Fsp3) is 0.250. The molecule has 0 N–H and O–H groups in total. The van der Waals surface area contributed by atoms with E-state index in [1.807, 2.05) is 98.8 Å². The third kappa shape index (κ3) is 8.28. The summed E-state index contributed by atoms with van der Waals surface area (Å²) < 4.78 is 35.6. The first-order chi connectivity index (χ1) is 18.6. The second-order valence-corrected chi connectivity index (χ2v) is 9.65. The van der Waals surface area contributed by atoms with E-state index in [0.717, 1.165) is 33.8 Å². The molecule has 0 radical (unpaired) electrons. The van der Waals surface area contributed by atoms with Gasteiger partial charge in [0.2, 0.25) is 0 Å². The SMILES string of the molecule is CCC(COc1ccc(-c2ccccc2)cc1)OS(=O)OC(CC)COc1ccc(-c2ccccc2)cc1. The van der Waals surface area contributed by atoms with Crippen LogP contribution in [0.3, 0.4) is 0 Å². The van der Waals surface area contributed by atoms with Crippen molar-refractivity contribution >= 4 is 11.4 Å². The predicted molar refractivity (Wildman–Crippen MR) is 153 cm³/mol. The van der Waals surface area contributed by atoms with Gasteiger partial charge >= 0.3 is 11.4 Å². The van der Waals surface area contributed by atoms with E-state index in [9.17, 15) is 4.21 Å². The second kappa shape index (κ2) is 14.5. The van der Waals surface area contributed by atoms with Gasteiger partial charge in [0.15, 0.2) is 0 Å². The summed E-state index contributed by atoms with van der Waals surface area (Å²) in [6.45, 7) is 4.47. The summed E-state index contributed by atoms with van der Waals surface area (Å²) >= 11 is -1.91. The Bertz CT molecular complexity index is 1150. The monoisotopic (exact) mass is 530 g/mol. The van der Waals surface area contributed by atoms with Crippen LogP contribution in [0.2, 0.25) is 0 Å². The zero-order valence-corrected chi connectivity index (χ0v) is 22.6. The van der Waals surface area contributed by atoms with Gasteiger partial charge in [-0.3, -0.25) is 8.37 Å². The molecule has 198 valence electrons. The molecular formula is C32H34O5S. The van der Waals surface area contributed by atoms with Crippen molar-refractivity contribution in [2.24, 2.45) is 0 Å². The summed E-state index contributed by atoms with van der Waals surface area (Å²) in [5.74, 6) is 1.47. The van der Waals surface area contributed by atoms with Crippen LogP contribution in [-0.2, 0) is 19.7 Å². The van der Waals surface area contributed by atoms with E-state index in [1.54, 1.807) is 0 Å². The zero-order chi connectivity index (χ0) is 26.6. The Morgan fingerprint density at radius 3 is 1.21 bits per heavy atom. The summed E-state index contributed by atoms with van der Waals surface area (Å²) in [6.07, 6.45) is 0.540. The standard InChI is InChI=1S/C32H34O5S/c1-3-29(23-34-31-19-15-27(16-20-31)25-11-7-5-8-12-25)36-38(33)37-30(4-2)24-35-32-21-17-28(18-22-32)26-13-9-6-10-14-26/h5-22,29-30H,3-4,23-24H2,1-2H3. The lowest BCUT2D eigenvalue weighted by Gasteiger charge is -2.19. The molecule has 0 aliphatic heterocycles. The molecule has 0 heterocycles. The summed E-state index contributed by atoms with van der Waals surface area (Å²) in [5.41, 5.74) is 4.55. The maximum Gasteiger partial charge on any atom is 0.305 e. The highest BCUT2D eigenvalue weighted by atomic mass is 32.2. The first kappa shape index (κ1) is 27.6. The summed E-state index contributed by atoms with van der Waals surface area (Å²) in [4.78, 5) is 0. The van der Waals surface area contributed by atoms with Crippen molar-refractivity contribution in [3.8, 4) is 33.8 Å². The molecule has 0 fully saturated rings. The first-order valence-electron chi connectivity index (χ1n) is 13.0. The van der Waals surface area contributed by atoms with Crippen molar-refractivity contribution < 1.29 is 22.0 Å². The lowest BCUT2D eigenvalue weighted by atomic mass is 10.1. The van der Waals surface area contributed by atoms with E-state index >= 15 is 0 Å². The Morgan fingerprint density at radius 1 is 0.526 bits per heavy atom. The molecule has 0 aliphatic rings. The van der Waals surface area contributed by atoms with Crippen LogP contribution in [0.1, 0.15) is 26.7 Å². The van der Waals surface area contributed by atoms with Crippen molar-refractivity contribution in [2.75, 3.05) is 13.2 Å². The summed E-state index contributed by atoms with van der Waals surface area (Å²) in [7, 11) is 0. The Hall–Kier alpha value is -3.45. The molecule has 5 nitrogen and oxygen atoms in total. The maximum atomic E-state index is 12.6. The Morgan fingerprint density at radius 2 is 0.868 bits per heavy atom. The quantitative estimate of drug-likeness (QED) is 0.168. The van der Waals surface area contributed by atoms with Crippen molar-refractivity contribution in [1.82, 2.24) is 0 Å². The lowest BCUT2D eigenvalue weighted by molar-refractivity contribution is 0.0861. The predicted octanol–water partition coefficient (Wildman–Crippen LogP) is 7.65. The molecule has 6 heteroatoms. The van der Waals surface area contributed by atoms with Gasteiger partial charge in [0.25, 0.3) is 0 Å². The molecule has 2 atom stereocenters. The van der Waals surface area contributed by atoms with E-state index in [2.05, 4.69) is 24.3 Å². The largest absolute Gasteiger partial charge is 0.491 e. The number of benzene rings is 4. The highest BCUT2D eigenvalue weighted by molar-refractivity contribution is 7.75. The number of hydrogen-bond donors (Lipinski definition) is 0. The normalized spacial score (nSPS) is 13.4. The number of hydrogen-bond acceptors (Lipinski definition) is 5. The molecule has 0 bridgehead atoms. The van der Waals surface area contributed by atoms with Gasteiger partial charge in [-0.1, -0.05) is 98.8 Å². The van der Waals surface area contributed by atoms with Gasteiger partial charge in [-0.2, -0.15) is 4.21 Å². The van der Waals surface area contributed by atoms with Crippen LogP contribution in [-0.4, -0.2) is 29.6 Å². The molecule has 4 rings (SSSR count). The van der Waals surface area contributed by atoms with Crippen LogP contribution in [0.5, 0.6) is 11.5 Å². The van der Waals surface area contributed by atoms with Crippen molar-refractivity contribution in [3.05, 3.63) is 109 Å². The van der Waals surface area contributed by atoms with Crippen molar-refractivity contribution in [2.45, 2.75) is 38.9 Å². The van der Waals surface area contributed by atoms with E-state index < -0.39 is 11.4 Å². The molecule has 0 saturated carbocycles. The lowest BCUT2D eigenvalue weighted by Crippen LogP contribution is -2.27. The molecule has 2 unspecified atom stereocenters. The van der Waals surface area contributed by atoms with E-state index in [4.69, 9.17) is 17.8 Å². The Labute approximate surface area is 228 Å². The molecule has 0 aromatic heterocycles. The molecule has 38 heavy (non-hydrogen) atoms. The molecular weight excluding hydrogens is 496 g/mol. The second-order valence-electron chi connectivity index (χ2n) is 8.86. The van der Waals surface area contributed by atoms with Gasteiger partial charge in [0.05, 0.1) is 0 Å².